The van der Waals surface area contributed by atoms with Gasteiger partial charge < -0.3 is 25.6 Å². The van der Waals surface area contributed by atoms with Crippen molar-refractivity contribution < 1.29 is 19.4 Å². The van der Waals surface area contributed by atoms with Crippen molar-refractivity contribution in [2.45, 2.75) is 19.9 Å². The summed E-state index contributed by atoms with van der Waals surface area (Å²) in [4.78, 5) is 13.8. The molecule has 4 N–H and O–H groups in total. The molecule has 0 amide bonds. The van der Waals surface area contributed by atoms with Crippen LogP contribution in [0.25, 0.3) is 0 Å². The predicted molar refractivity (Wildman–Crippen MR) is 146 cm³/mol. The van der Waals surface area contributed by atoms with Gasteiger partial charge in [-0.15, -0.1) is 0 Å². The molecule has 6 nitrogen and oxygen atoms in total. The van der Waals surface area contributed by atoms with Crippen LogP contribution in [0.2, 0.25) is 0 Å². The number of nitrogens with one attached hydrogen (secondary N) is 1. The highest BCUT2D eigenvalue weighted by molar-refractivity contribution is 7.79. The third kappa shape index (κ3) is 7.67. The van der Waals surface area contributed by atoms with Gasteiger partial charge in [0.25, 0.3) is 0 Å². The van der Waals surface area contributed by atoms with Gasteiger partial charge in [0.2, 0.25) is 5.78 Å². The fourth-order valence-corrected chi connectivity index (χ4v) is 3.55. The first kappa shape index (κ1) is 27.6. The first-order valence-corrected chi connectivity index (χ1v) is 11.6. The van der Waals surface area contributed by atoms with E-state index in [0.29, 0.717) is 28.3 Å². The van der Waals surface area contributed by atoms with Crippen LogP contribution in [-0.4, -0.2) is 36.6 Å². The van der Waals surface area contributed by atoms with Gasteiger partial charge in [0.15, 0.2) is 0 Å². The quantitative estimate of drug-likeness (QED) is 0.206. The molecule has 2 rings (SSSR count). The molecule has 0 bridgehead atoms. The summed E-state index contributed by atoms with van der Waals surface area (Å²) in [6, 6.07) is 12.0. The molecule has 0 fully saturated rings. The summed E-state index contributed by atoms with van der Waals surface area (Å²) in [6.07, 6.45) is 7.09. The van der Waals surface area contributed by atoms with Crippen LogP contribution in [0.3, 0.4) is 0 Å². The third-order valence-corrected chi connectivity index (χ3v) is 5.37. The molecule has 0 heterocycles. The van der Waals surface area contributed by atoms with Gasteiger partial charge in [-0.1, -0.05) is 72.9 Å². The Morgan fingerprint density at radius 1 is 1.23 bits per heavy atom. The summed E-state index contributed by atoms with van der Waals surface area (Å²) < 4.78 is 10.9. The number of aryl methyl sites for hydroxylation is 1. The van der Waals surface area contributed by atoms with Gasteiger partial charge in [-0.2, -0.15) is 0 Å². The lowest BCUT2D eigenvalue weighted by molar-refractivity contribution is -0.116. The van der Waals surface area contributed by atoms with Gasteiger partial charge in [-0.3, -0.25) is 4.79 Å². The lowest BCUT2D eigenvalue weighted by Crippen LogP contribution is -2.27. The van der Waals surface area contributed by atoms with Gasteiger partial charge in [0.1, 0.15) is 24.1 Å². The van der Waals surface area contributed by atoms with E-state index in [-0.39, 0.29) is 24.7 Å². The van der Waals surface area contributed by atoms with Gasteiger partial charge >= 0.3 is 0 Å². The first-order valence-electron chi connectivity index (χ1n) is 11.1. The number of Topliss-reactive ketones (excluding diaryl/α,β-unsaturated/α-hetero) is 1. The van der Waals surface area contributed by atoms with Crippen LogP contribution in [0, 0.1) is 6.92 Å². The number of aliphatic hydroxyl groups excluding tert-OH is 1. The van der Waals surface area contributed by atoms with Crippen LogP contribution < -0.4 is 20.5 Å². The summed E-state index contributed by atoms with van der Waals surface area (Å²) in [5, 5.41) is 13.8. The van der Waals surface area contributed by atoms with Crippen molar-refractivity contribution >= 4 is 29.1 Å². The van der Waals surface area contributed by atoms with Crippen LogP contribution >= 0.6 is 12.2 Å². The average molecular weight is 493 g/mol. The van der Waals surface area contributed by atoms with E-state index in [1.807, 2.05) is 50.3 Å². The molecule has 1 atom stereocenters. The predicted octanol–water partition coefficient (Wildman–Crippen LogP) is 5.00. The molecule has 0 saturated carbocycles. The number of hydrogen-bond donors (Lipinski definition) is 3. The number of allylic oxidation sites excluding steroid dienone is 6. The van der Waals surface area contributed by atoms with E-state index in [2.05, 4.69) is 11.9 Å². The molecule has 0 aliphatic carbocycles. The zero-order valence-electron chi connectivity index (χ0n) is 20.3. The highest BCUT2D eigenvalue weighted by Gasteiger charge is 2.25. The Morgan fingerprint density at radius 2 is 1.91 bits per heavy atom. The molecule has 0 aromatic heterocycles. The number of carbonyl (C=O) groups is 1. The molecule has 0 aliphatic rings. The second-order valence-electron chi connectivity index (χ2n) is 7.62. The van der Waals surface area contributed by atoms with Crippen LogP contribution in [0.15, 0.2) is 90.2 Å². The Balaban J connectivity index is 2.59. The molecule has 1 unspecified atom stereocenters. The van der Waals surface area contributed by atoms with Crippen LogP contribution in [0.4, 0.5) is 5.69 Å². The maximum Gasteiger partial charge on any atom is 0.205 e. The van der Waals surface area contributed by atoms with Crippen LogP contribution in [0.5, 0.6) is 11.5 Å². The molecular formula is C28H32N2O4S. The number of methoxy groups -OCH3 is 1. The van der Waals surface area contributed by atoms with Crippen molar-refractivity contribution in [1.29, 1.82) is 0 Å². The number of thiocarbonyl (C=S) groups is 1. The molecular weight excluding hydrogens is 460 g/mol. The van der Waals surface area contributed by atoms with Gasteiger partial charge in [0, 0.05) is 34.8 Å². The summed E-state index contributed by atoms with van der Waals surface area (Å²) in [5.74, 6) is 0.672. The average Bonchev–Trinajstić information content (AvgIpc) is 2.88. The zero-order valence-corrected chi connectivity index (χ0v) is 21.1. The lowest BCUT2D eigenvalue weighted by Gasteiger charge is -2.22. The second-order valence-corrected chi connectivity index (χ2v) is 7.85. The number of hydrogen-bond acceptors (Lipinski definition) is 7. The van der Waals surface area contributed by atoms with Crippen LogP contribution in [0.1, 0.15) is 24.1 Å². The molecule has 35 heavy (non-hydrogen) atoms. The van der Waals surface area contributed by atoms with E-state index in [1.54, 1.807) is 30.4 Å². The number of nitrogens with two attached hydrogens (primary N) is 1. The van der Waals surface area contributed by atoms with Crippen molar-refractivity contribution in [2.24, 2.45) is 5.73 Å². The topological polar surface area (TPSA) is 93.8 Å². The van der Waals surface area contributed by atoms with Crippen molar-refractivity contribution in [2.75, 3.05) is 25.6 Å². The van der Waals surface area contributed by atoms with Crippen molar-refractivity contribution in [3.63, 3.8) is 0 Å². The minimum Gasteiger partial charge on any atom is -0.497 e. The Morgan fingerprint density at radius 3 is 2.49 bits per heavy atom. The fourth-order valence-electron chi connectivity index (χ4n) is 3.29. The number of carbonyl (C=O) groups excluding carboxylic acids is 1. The number of benzene rings is 2. The normalized spacial score (nSPS) is 13.1. The largest absolute Gasteiger partial charge is 0.497 e. The number of rotatable bonds is 13. The van der Waals surface area contributed by atoms with Gasteiger partial charge in [0.05, 0.1) is 19.4 Å². The van der Waals surface area contributed by atoms with E-state index >= 15 is 0 Å². The smallest absolute Gasteiger partial charge is 0.205 e. The zero-order chi connectivity index (χ0) is 25.8. The molecule has 0 saturated heterocycles. The Bertz CT molecular complexity index is 1130. The van der Waals surface area contributed by atoms with Crippen molar-refractivity contribution in [1.82, 2.24) is 0 Å². The summed E-state index contributed by atoms with van der Waals surface area (Å²) in [7, 11) is 1.54. The second kappa shape index (κ2) is 13.9. The minimum absolute atomic E-state index is 0.0216. The van der Waals surface area contributed by atoms with E-state index in [4.69, 9.17) is 32.5 Å². The third-order valence-electron chi connectivity index (χ3n) is 5.13. The number of ether oxygens (including phenoxy) is 2. The lowest BCUT2D eigenvalue weighted by atomic mass is 9.95. The summed E-state index contributed by atoms with van der Waals surface area (Å²) in [5.41, 5.74) is 9.86. The standard InChI is InChI=1S/C28H32N2O4S/c1-5-7-8-20(6-2)25(18-35)26(29)28(32)27(21-11-9-19(3)10-12-21)30-22-15-23(33-4)17-24(16-22)34-14-13-31/h5-12,15-18,27,30-31H,2,13-14,29H2,1,3-4H3/b7-5-,20-8+,26-25?. The van der Waals surface area contributed by atoms with E-state index in [1.165, 1.54) is 12.5 Å². The van der Waals surface area contributed by atoms with Gasteiger partial charge in [-0.25, -0.2) is 0 Å². The van der Waals surface area contributed by atoms with E-state index in [0.717, 1.165) is 11.1 Å². The molecule has 0 radical (unpaired) electrons. The van der Waals surface area contributed by atoms with Gasteiger partial charge in [-0.05, 0) is 25.0 Å². The molecule has 0 aliphatic heterocycles. The maximum absolute atomic E-state index is 13.8. The van der Waals surface area contributed by atoms with Crippen molar-refractivity contribution in [3.05, 3.63) is 101 Å². The Labute approximate surface area is 212 Å². The Kier molecular flexibility index (Phi) is 10.9. The molecule has 2 aromatic rings. The number of aliphatic hydroxyl groups is 1. The molecule has 0 spiro atoms. The van der Waals surface area contributed by atoms with E-state index in [9.17, 15) is 4.79 Å². The number of ketones is 1. The highest BCUT2D eigenvalue weighted by atomic mass is 32.1. The van der Waals surface area contributed by atoms with Crippen molar-refractivity contribution in [3.8, 4) is 11.5 Å². The van der Waals surface area contributed by atoms with E-state index < -0.39 is 6.04 Å². The first-order chi connectivity index (χ1) is 16.9. The Hall–Kier alpha value is -3.68. The summed E-state index contributed by atoms with van der Waals surface area (Å²) in [6.45, 7) is 7.69. The summed E-state index contributed by atoms with van der Waals surface area (Å²) >= 11 is 5.20. The fraction of sp³-hybridized carbons (Fsp3) is 0.214. The SMILES string of the molecule is C=C/C(=C\C=C/C)C(C=S)=C(N)C(=O)C(Nc1cc(OC)cc(OCCO)c1)c1ccc(C)cc1. The minimum atomic E-state index is -0.814. The molecule has 2 aromatic carbocycles. The monoisotopic (exact) mass is 492 g/mol. The molecule has 7 heteroatoms. The highest BCUT2D eigenvalue weighted by Crippen LogP contribution is 2.30. The van der Waals surface area contributed by atoms with Crippen LogP contribution in [-0.2, 0) is 4.79 Å². The number of anilines is 1. The maximum atomic E-state index is 13.8. The molecule has 184 valence electrons.